The number of hydrogen-bond donors (Lipinski definition) is 0. The standard InChI is InChI=1S/C22H28N2O3S/c1-17-8-11-21(27-2)22(14-17)28(25,26)24-13-12-23(19-9-10-19)16-20(24)15-18-6-4-3-5-7-18/h3-8,11,14,19-20H,9-10,12-13,15-16H2,1-2H3. The van der Waals surface area contributed by atoms with Gasteiger partial charge in [0.05, 0.1) is 7.11 Å². The van der Waals surface area contributed by atoms with Crippen LogP contribution in [0, 0.1) is 6.92 Å². The molecule has 2 aromatic carbocycles. The lowest BCUT2D eigenvalue weighted by Gasteiger charge is -2.41. The number of hydrogen-bond acceptors (Lipinski definition) is 4. The Morgan fingerprint density at radius 2 is 1.82 bits per heavy atom. The van der Waals surface area contributed by atoms with Crippen molar-refractivity contribution >= 4 is 10.0 Å². The van der Waals surface area contributed by atoms with Crippen molar-refractivity contribution < 1.29 is 13.2 Å². The fraction of sp³-hybridized carbons (Fsp3) is 0.455. The number of rotatable bonds is 6. The summed E-state index contributed by atoms with van der Waals surface area (Å²) in [5.41, 5.74) is 2.08. The number of aryl methyl sites for hydroxylation is 1. The second kappa shape index (κ2) is 7.85. The highest BCUT2D eigenvalue weighted by atomic mass is 32.2. The Balaban J connectivity index is 1.67. The van der Waals surface area contributed by atoms with Crippen molar-refractivity contribution in [2.24, 2.45) is 0 Å². The van der Waals surface area contributed by atoms with Gasteiger partial charge in [-0.3, -0.25) is 4.90 Å². The van der Waals surface area contributed by atoms with Gasteiger partial charge in [0.1, 0.15) is 10.6 Å². The minimum atomic E-state index is -3.64. The molecule has 2 fully saturated rings. The summed E-state index contributed by atoms with van der Waals surface area (Å²) in [4.78, 5) is 2.74. The highest BCUT2D eigenvalue weighted by Crippen LogP contribution is 2.34. The maximum atomic E-state index is 13.6. The Hall–Kier alpha value is -1.89. The Labute approximate surface area is 168 Å². The summed E-state index contributed by atoms with van der Waals surface area (Å²) in [5, 5.41) is 0. The molecule has 1 unspecified atom stereocenters. The van der Waals surface area contributed by atoms with Crippen LogP contribution in [0.25, 0.3) is 0 Å². The molecule has 150 valence electrons. The third-order valence-corrected chi connectivity index (χ3v) is 7.72. The van der Waals surface area contributed by atoms with Crippen LogP contribution in [0.5, 0.6) is 5.75 Å². The van der Waals surface area contributed by atoms with Crippen molar-refractivity contribution in [1.29, 1.82) is 0 Å². The average Bonchev–Trinajstić information content (AvgIpc) is 3.54. The van der Waals surface area contributed by atoms with Crippen molar-refractivity contribution in [3.05, 3.63) is 59.7 Å². The third-order valence-electron chi connectivity index (χ3n) is 5.74. The number of sulfonamides is 1. The molecule has 6 heteroatoms. The Morgan fingerprint density at radius 1 is 1.07 bits per heavy atom. The molecule has 1 aliphatic carbocycles. The summed E-state index contributed by atoms with van der Waals surface area (Å²) < 4.78 is 34.4. The molecule has 2 aliphatic rings. The van der Waals surface area contributed by atoms with E-state index in [4.69, 9.17) is 4.74 Å². The van der Waals surface area contributed by atoms with Gasteiger partial charge in [-0.15, -0.1) is 0 Å². The van der Waals surface area contributed by atoms with Gasteiger partial charge in [0.25, 0.3) is 0 Å². The second-order valence-electron chi connectivity index (χ2n) is 7.84. The van der Waals surface area contributed by atoms with Gasteiger partial charge in [-0.1, -0.05) is 36.4 Å². The molecular formula is C22H28N2O3S. The first-order chi connectivity index (χ1) is 13.5. The normalized spacial score (nSPS) is 21.6. The molecule has 4 rings (SSSR count). The van der Waals surface area contributed by atoms with Gasteiger partial charge in [-0.05, 0) is 49.4 Å². The van der Waals surface area contributed by atoms with Crippen molar-refractivity contribution in [2.45, 2.75) is 43.2 Å². The summed E-state index contributed by atoms with van der Waals surface area (Å²) >= 11 is 0. The first kappa shape index (κ1) is 19.4. The molecule has 5 nitrogen and oxygen atoms in total. The molecule has 2 aromatic rings. The monoisotopic (exact) mass is 400 g/mol. The van der Waals surface area contributed by atoms with Gasteiger partial charge < -0.3 is 4.74 Å². The highest BCUT2D eigenvalue weighted by molar-refractivity contribution is 7.89. The molecule has 1 saturated carbocycles. The predicted octanol–water partition coefficient (Wildman–Crippen LogP) is 3.08. The minimum absolute atomic E-state index is 0.0769. The summed E-state index contributed by atoms with van der Waals surface area (Å²) in [6.07, 6.45) is 3.18. The number of piperazine rings is 1. The molecule has 28 heavy (non-hydrogen) atoms. The van der Waals surface area contributed by atoms with E-state index in [1.54, 1.807) is 16.4 Å². The molecule has 0 bridgehead atoms. The maximum absolute atomic E-state index is 13.6. The van der Waals surface area contributed by atoms with Crippen LogP contribution in [0.1, 0.15) is 24.0 Å². The van der Waals surface area contributed by atoms with E-state index in [1.807, 2.05) is 31.2 Å². The zero-order valence-corrected chi connectivity index (χ0v) is 17.4. The van der Waals surface area contributed by atoms with Gasteiger partial charge >= 0.3 is 0 Å². The summed E-state index contributed by atoms with van der Waals surface area (Å²) in [6, 6.07) is 16.1. The predicted molar refractivity (Wildman–Crippen MR) is 110 cm³/mol. The summed E-state index contributed by atoms with van der Waals surface area (Å²) in [6.45, 7) is 4.01. The van der Waals surface area contributed by atoms with Crippen molar-refractivity contribution in [2.75, 3.05) is 26.7 Å². The van der Waals surface area contributed by atoms with Crippen LogP contribution in [0.2, 0.25) is 0 Å². The Bertz CT molecular complexity index is 926. The highest BCUT2D eigenvalue weighted by Gasteiger charge is 2.41. The van der Waals surface area contributed by atoms with Crippen LogP contribution in [0.15, 0.2) is 53.4 Å². The summed E-state index contributed by atoms with van der Waals surface area (Å²) in [5.74, 6) is 0.411. The lowest BCUT2D eigenvalue weighted by Crippen LogP contribution is -2.56. The fourth-order valence-electron chi connectivity index (χ4n) is 4.11. The van der Waals surface area contributed by atoms with Gasteiger partial charge in [0, 0.05) is 31.7 Å². The van der Waals surface area contributed by atoms with Crippen molar-refractivity contribution in [3.8, 4) is 5.75 Å². The lowest BCUT2D eigenvalue weighted by molar-refractivity contribution is 0.128. The quantitative estimate of drug-likeness (QED) is 0.748. The number of methoxy groups -OCH3 is 1. The molecule has 0 aromatic heterocycles. The van der Waals surface area contributed by atoms with E-state index in [9.17, 15) is 8.42 Å². The SMILES string of the molecule is COc1ccc(C)cc1S(=O)(=O)N1CCN(C2CC2)CC1Cc1ccccc1. The van der Waals surface area contributed by atoms with Crippen LogP contribution in [-0.2, 0) is 16.4 Å². The lowest BCUT2D eigenvalue weighted by atomic mass is 10.0. The first-order valence-electron chi connectivity index (χ1n) is 9.93. The average molecular weight is 401 g/mol. The van der Waals surface area contributed by atoms with Crippen LogP contribution >= 0.6 is 0 Å². The smallest absolute Gasteiger partial charge is 0.247 e. The number of nitrogens with zero attached hydrogens (tertiary/aromatic N) is 2. The van der Waals surface area contributed by atoms with Crippen LogP contribution in [0.3, 0.4) is 0 Å². The van der Waals surface area contributed by atoms with E-state index in [0.29, 0.717) is 18.3 Å². The molecule has 1 heterocycles. The molecular weight excluding hydrogens is 372 g/mol. The molecule has 0 spiro atoms. The minimum Gasteiger partial charge on any atom is -0.495 e. The van der Waals surface area contributed by atoms with Crippen LogP contribution < -0.4 is 4.74 Å². The molecule has 0 radical (unpaired) electrons. The van der Waals surface area contributed by atoms with Gasteiger partial charge in [0.15, 0.2) is 0 Å². The zero-order chi connectivity index (χ0) is 19.7. The van der Waals surface area contributed by atoms with E-state index < -0.39 is 10.0 Å². The molecule has 1 saturated heterocycles. The molecule has 0 N–H and O–H groups in total. The Morgan fingerprint density at radius 3 is 2.50 bits per heavy atom. The third kappa shape index (κ3) is 3.95. The largest absolute Gasteiger partial charge is 0.495 e. The number of benzene rings is 2. The van der Waals surface area contributed by atoms with E-state index in [-0.39, 0.29) is 10.9 Å². The number of ether oxygens (including phenoxy) is 1. The second-order valence-corrected chi connectivity index (χ2v) is 9.70. The van der Waals surface area contributed by atoms with E-state index in [2.05, 4.69) is 17.0 Å². The molecule has 1 atom stereocenters. The fourth-order valence-corrected chi connectivity index (χ4v) is 5.96. The van der Waals surface area contributed by atoms with Crippen LogP contribution in [0.4, 0.5) is 0 Å². The summed E-state index contributed by atoms with van der Waals surface area (Å²) in [7, 11) is -2.12. The van der Waals surface area contributed by atoms with Gasteiger partial charge in [0.2, 0.25) is 10.0 Å². The van der Waals surface area contributed by atoms with E-state index in [0.717, 1.165) is 25.1 Å². The Kier molecular flexibility index (Phi) is 5.45. The van der Waals surface area contributed by atoms with Gasteiger partial charge in [-0.25, -0.2) is 8.42 Å². The molecule has 0 amide bonds. The zero-order valence-electron chi connectivity index (χ0n) is 16.5. The molecule has 1 aliphatic heterocycles. The van der Waals surface area contributed by atoms with Crippen LogP contribution in [-0.4, -0.2) is 56.5 Å². The first-order valence-corrected chi connectivity index (χ1v) is 11.4. The van der Waals surface area contributed by atoms with Gasteiger partial charge in [-0.2, -0.15) is 4.31 Å². The maximum Gasteiger partial charge on any atom is 0.247 e. The van der Waals surface area contributed by atoms with Crippen molar-refractivity contribution in [1.82, 2.24) is 9.21 Å². The van der Waals surface area contributed by atoms with E-state index >= 15 is 0 Å². The van der Waals surface area contributed by atoms with E-state index in [1.165, 1.54) is 25.5 Å². The topological polar surface area (TPSA) is 49.9 Å². The van der Waals surface area contributed by atoms with Crippen molar-refractivity contribution in [3.63, 3.8) is 0 Å².